The maximum absolute atomic E-state index is 12.9. The first kappa shape index (κ1) is 13.4. The van der Waals surface area contributed by atoms with E-state index in [-0.39, 0.29) is 5.91 Å². The quantitative estimate of drug-likeness (QED) is 0.768. The Bertz CT molecular complexity index is 789. The van der Waals surface area contributed by atoms with Gasteiger partial charge in [-0.3, -0.25) is 4.79 Å². The lowest BCUT2D eigenvalue weighted by molar-refractivity contribution is 0.0990. The Hall–Kier alpha value is -2.55. The van der Waals surface area contributed by atoms with Gasteiger partial charge in [0.2, 0.25) is 0 Å². The fourth-order valence-electron chi connectivity index (χ4n) is 2.65. The first-order valence-corrected chi connectivity index (χ1v) is 7.15. The van der Waals surface area contributed by atoms with Crippen molar-refractivity contribution in [3.8, 4) is 0 Å². The SMILES string of the molecule is CCN(C(=O)c1cccc2cc[nH]c12)c1cccc(C)c1. The molecular weight excluding hydrogens is 260 g/mol. The number of nitrogens with one attached hydrogen (secondary N) is 1. The molecule has 0 bridgehead atoms. The molecule has 1 N–H and O–H groups in total. The van der Waals surface area contributed by atoms with Gasteiger partial charge in [-0.1, -0.05) is 24.3 Å². The van der Waals surface area contributed by atoms with Crippen LogP contribution in [0.2, 0.25) is 0 Å². The summed E-state index contributed by atoms with van der Waals surface area (Å²) in [5, 5.41) is 1.06. The number of aryl methyl sites for hydroxylation is 1. The fraction of sp³-hybridized carbons (Fsp3) is 0.167. The number of nitrogens with zero attached hydrogens (tertiary/aromatic N) is 1. The van der Waals surface area contributed by atoms with Crippen molar-refractivity contribution >= 4 is 22.5 Å². The molecule has 0 spiro atoms. The number of aromatic amines is 1. The van der Waals surface area contributed by atoms with Gasteiger partial charge in [0.1, 0.15) is 0 Å². The summed E-state index contributed by atoms with van der Waals surface area (Å²) in [6.45, 7) is 4.67. The van der Waals surface area contributed by atoms with Crippen molar-refractivity contribution in [2.45, 2.75) is 13.8 Å². The Morgan fingerprint density at radius 1 is 1.14 bits per heavy atom. The van der Waals surface area contributed by atoms with Gasteiger partial charge in [0.25, 0.3) is 5.91 Å². The maximum Gasteiger partial charge on any atom is 0.260 e. The standard InChI is InChI=1S/C18H18N2O/c1-3-20(15-8-4-6-13(2)12-15)18(21)16-9-5-7-14-10-11-19-17(14)16/h4-12,19H,3H2,1-2H3. The molecular formula is C18H18N2O. The highest BCUT2D eigenvalue weighted by Crippen LogP contribution is 2.22. The Labute approximate surface area is 124 Å². The van der Waals surface area contributed by atoms with Crippen molar-refractivity contribution in [1.82, 2.24) is 4.98 Å². The molecule has 0 aliphatic rings. The Morgan fingerprint density at radius 2 is 1.95 bits per heavy atom. The van der Waals surface area contributed by atoms with Crippen LogP contribution in [-0.2, 0) is 0 Å². The van der Waals surface area contributed by atoms with Crippen LogP contribution in [0.4, 0.5) is 5.69 Å². The molecule has 3 nitrogen and oxygen atoms in total. The van der Waals surface area contributed by atoms with Crippen molar-refractivity contribution in [2.24, 2.45) is 0 Å². The summed E-state index contributed by atoms with van der Waals surface area (Å²) in [6, 6.07) is 15.8. The molecule has 1 heterocycles. The number of H-pyrrole nitrogens is 1. The van der Waals surface area contributed by atoms with Gasteiger partial charge in [0, 0.05) is 23.8 Å². The van der Waals surface area contributed by atoms with Crippen LogP contribution in [0, 0.1) is 6.92 Å². The lowest BCUT2D eigenvalue weighted by Crippen LogP contribution is -2.30. The average molecular weight is 278 g/mol. The number of hydrogen-bond donors (Lipinski definition) is 1. The summed E-state index contributed by atoms with van der Waals surface area (Å²) in [5.41, 5.74) is 3.69. The van der Waals surface area contributed by atoms with E-state index >= 15 is 0 Å². The third-order valence-corrected chi connectivity index (χ3v) is 3.69. The first-order chi connectivity index (χ1) is 10.2. The fourth-order valence-corrected chi connectivity index (χ4v) is 2.65. The molecule has 1 amide bonds. The molecule has 106 valence electrons. The minimum Gasteiger partial charge on any atom is -0.361 e. The number of carbonyl (C=O) groups excluding carboxylic acids is 1. The molecule has 3 heteroatoms. The number of hydrogen-bond acceptors (Lipinski definition) is 1. The van der Waals surface area contributed by atoms with E-state index in [4.69, 9.17) is 0 Å². The zero-order valence-electron chi connectivity index (χ0n) is 12.3. The molecule has 0 aliphatic carbocycles. The Balaban J connectivity index is 2.05. The number of fused-ring (bicyclic) bond motifs is 1. The molecule has 0 radical (unpaired) electrons. The van der Waals surface area contributed by atoms with Gasteiger partial charge in [-0.2, -0.15) is 0 Å². The molecule has 0 saturated carbocycles. The minimum atomic E-state index is 0.0242. The maximum atomic E-state index is 12.9. The van der Waals surface area contributed by atoms with Crippen molar-refractivity contribution in [1.29, 1.82) is 0 Å². The van der Waals surface area contributed by atoms with Crippen LogP contribution in [-0.4, -0.2) is 17.4 Å². The molecule has 0 aliphatic heterocycles. The highest BCUT2D eigenvalue weighted by atomic mass is 16.2. The second kappa shape index (κ2) is 5.44. The summed E-state index contributed by atoms with van der Waals surface area (Å²) >= 11 is 0. The van der Waals surface area contributed by atoms with Gasteiger partial charge in [-0.15, -0.1) is 0 Å². The lowest BCUT2D eigenvalue weighted by atomic mass is 10.1. The second-order valence-electron chi connectivity index (χ2n) is 5.14. The Kier molecular flexibility index (Phi) is 3.48. The van der Waals surface area contributed by atoms with Crippen LogP contribution < -0.4 is 4.90 Å². The van der Waals surface area contributed by atoms with E-state index < -0.39 is 0 Å². The summed E-state index contributed by atoms with van der Waals surface area (Å²) in [7, 11) is 0. The molecule has 0 unspecified atom stereocenters. The first-order valence-electron chi connectivity index (χ1n) is 7.15. The third kappa shape index (κ3) is 2.42. The van der Waals surface area contributed by atoms with Gasteiger partial charge in [-0.25, -0.2) is 0 Å². The number of amides is 1. The zero-order chi connectivity index (χ0) is 14.8. The predicted molar refractivity (Wildman–Crippen MR) is 86.8 cm³/mol. The number of para-hydroxylation sites is 1. The van der Waals surface area contributed by atoms with E-state index in [0.29, 0.717) is 12.1 Å². The van der Waals surface area contributed by atoms with Crippen molar-refractivity contribution in [3.05, 3.63) is 65.9 Å². The topological polar surface area (TPSA) is 36.1 Å². The molecule has 1 aromatic heterocycles. The van der Waals surface area contributed by atoms with Crippen LogP contribution in [0.25, 0.3) is 10.9 Å². The molecule has 2 aromatic carbocycles. The van der Waals surface area contributed by atoms with E-state index in [2.05, 4.69) is 4.98 Å². The van der Waals surface area contributed by atoms with Gasteiger partial charge >= 0.3 is 0 Å². The van der Waals surface area contributed by atoms with Gasteiger partial charge in [0.15, 0.2) is 0 Å². The number of benzene rings is 2. The lowest BCUT2D eigenvalue weighted by Gasteiger charge is -2.22. The number of anilines is 1. The van der Waals surface area contributed by atoms with Gasteiger partial charge in [0.05, 0.1) is 11.1 Å². The summed E-state index contributed by atoms with van der Waals surface area (Å²) in [6.07, 6.45) is 1.87. The van der Waals surface area contributed by atoms with Crippen molar-refractivity contribution in [3.63, 3.8) is 0 Å². The van der Waals surface area contributed by atoms with Gasteiger partial charge < -0.3 is 9.88 Å². The molecule has 3 aromatic rings. The number of rotatable bonds is 3. The van der Waals surface area contributed by atoms with E-state index in [9.17, 15) is 4.79 Å². The van der Waals surface area contributed by atoms with Crippen LogP contribution in [0.15, 0.2) is 54.7 Å². The summed E-state index contributed by atoms with van der Waals surface area (Å²) < 4.78 is 0. The van der Waals surface area contributed by atoms with Crippen LogP contribution >= 0.6 is 0 Å². The monoisotopic (exact) mass is 278 g/mol. The van der Waals surface area contributed by atoms with Gasteiger partial charge in [-0.05, 0) is 43.7 Å². The minimum absolute atomic E-state index is 0.0242. The zero-order valence-corrected chi connectivity index (χ0v) is 12.3. The van der Waals surface area contributed by atoms with Crippen LogP contribution in [0.3, 0.4) is 0 Å². The highest BCUT2D eigenvalue weighted by Gasteiger charge is 2.18. The van der Waals surface area contributed by atoms with Crippen LogP contribution in [0.1, 0.15) is 22.8 Å². The highest BCUT2D eigenvalue weighted by molar-refractivity contribution is 6.13. The smallest absolute Gasteiger partial charge is 0.260 e. The molecule has 0 atom stereocenters. The van der Waals surface area contributed by atoms with E-state index in [0.717, 1.165) is 22.2 Å². The van der Waals surface area contributed by atoms with E-state index in [1.54, 1.807) is 0 Å². The molecule has 0 fully saturated rings. The van der Waals surface area contributed by atoms with Crippen LogP contribution in [0.5, 0.6) is 0 Å². The predicted octanol–water partition coefficient (Wildman–Crippen LogP) is 4.14. The normalized spacial score (nSPS) is 10.8. The number of carbonyl (C=O) groups is 1. The van der Waals surface area contributed by atoms with Crippen molar-refractivity contribution in [2.75, 3.05) is 11.4 Å². The summed E-state index contributed by atoms with van der Waals surface area (Å²) in [5.74, 6) is 0.0242. The molecule has 21 heavy (non-hydrogen) atoms. The van der Waals surface area contributed by atoms with E-state index in [1.807, 2.05) is 73.5 Å². The molecule has 3 rings (SSSR count). The van der Waals surface area contributed by atoms with Crippen molar-refractivity contribution < 1.29 is 4.79 Å². The average Bonchev–Trinajstić information content (AvgIpc) is 2.96. The third-order valence-electron chi connectivity index (χ3n) is 3.69. The Morgan fingerprint density at radius 3 is 2.71 bits per heavy atom. The summed E-state index contributed by atoms with van der Waals surface area (Å²) in [4.78, 5) is 17.9. The second-order valence-corrected chi connectivity index (χ2v) is 5.14. The largest absolute Gasteiger partial charge is 0.361 e. The van der Waals surface area contributed by atoms with E-state index in [1.165, 1.54) is 0 Å². The molecule has 0 saturated heterocycles. The number of aromatic nitrogens is 1.